The summed E-state index contributed by atoms with van der Waals surface area (Å²) < 4.78 is 15.7. The molecule has 0 bridgehead atoms. The number of nitrogens with zero attached hydrogens (tertiary/aromatic N) is 1. The molecule has 1 fully saturated rings. The molecule has 0 unspecified atom stereocenters. The molecule has 2 heterocycles. The van der Waals surface area contributed by atoms with Crippen molar-refractivity contribution in [3.8, 4) is 11.5 Å². The minimum Gasteiger partial charge on any atom is -0.504 e. The highest BCUT2D eigenvalue weighted by Gasteiger charge is 2.49. The zero-order valence-electron chi connectivity index (χ0n) is 17.6. The maximum Gasteiger partial charge on any atom is 0.338 e. The molecule has 166 valence electrons. The third-order valence-electron chi connectivity index (χ3n) is 4.91. The Morgan fingerprint density at radius 1 is 1.16 bits per heavy atom. The van der Waals surface area contributed by atoms with Crippen LogP contribution in [0.1, 0.15) is 32.3 Å². The molecule has 0 spiro atoms. The van der Waals surface area contributed by atoms with Crippen LogP contribution in [0.15, 0.2) is 40.2 Å². The summed E-state index contributed by atoms with van der Waals surface area (Å²) in [5.74, 6) is -2.81. The van der Waals surface area contributed by atoms with E-state index in [2.05, 4.69) is 0 Å². The van der Waals surface area contributed by atoms with Gasteiger partial charge >= 0.3 is 11.9 Å². The summed E-state index contributed by atoms with van der Waals surface area (Å²) >= 11 is 1.17. The average Bonchev–Trinajstić information content (AvgIpc) is 3.03. The molecule has 9 nitrogen and oxygen atoms in total. The number of fused-ring (bicyclic) bond motifs is 1. The number of benzene rings is 1. The number of phenols is 1. The van der Waals surface area contributed by atoms with Gasteiger partial charge in [0.05, 0.1) is 47.7 Å². The molecule has 0 radical (unpaired) electrons. The number of thioether (sulfide) groups is 1. The third kappa shape index (κ3) is 3.83. The van der Waals surface area contributed by atoms with E-state index in [1.165, 1.54) is 35.9 Å². The summed E-state index contributed by atoms with van der Waals surface area (Å²) in [7, 11) is 1.38. The van der Waals surface area contributed by atoms with E-state index >= 15 is 0 Å². The summed E-state index contributed by atoms with van der Waals surface area (Å²) in [5, 5.41) is 9.82. The summed E-state index contributed by atoms with van der Waals surface area (Å²) in [6.07, 6.45) is 0. The SMILES string of the molecule is CCOC(=O)C1=C(N)N2C(=O)[C@@H](C)SC2=C(C(=O)OCC)[C@H]1c1ccc(O)c(OC)c1. The predicted molar refractivity (Wildman–Crippen MR) is 113 cm³/mol. The first-order valence-corrected chi connectivity index (χ1v) is 10.6. The molecule has 2 atom stereocenters. The molecule has 31 heavy (non-hydrogen) atoms. The number of hydrogen-bond acceptors (Lipinski definition) is 9. The summed E-state index contributed by atoms with van der Waals surface area (Å²) in [4.78, 5) is 40.0. The van der Waals surface area contributed by atoms with Crippen LogP contribution in [0.2, 0.25) is 0 Å². The van der Waals surface area contributed by atoms with Crippen LogP contribution in [0.4, 0.5) is 0 Å². The van der Waals surface area contributed by atoms with Crippen molar-refractivity contribution >= 4 is 29.6 Å². The quantitative estimate of drug-likeness (QED) is 0.628. The lowest BCUT2D eigenvalue weighted by Crippen LogP contribution is -2.40. The second kappa shape index (κ2) is 8.93. The second-order valence-electron chi connectivity index (χ2n) is 6.76. The van der Waals surface area contributed by atoms with Gasteiger partial charge in [-0.05, 0) is 38.5 Å². The van der Waals surface area contributed by atoms with Gasteiger partial charge in [0, 0.05) is 0 Å². The average molecular weight is 448 g/mol. The first-order valence-electron chi connectivity index (χ1n) is 9.72. The highest BCUT2D eigenvalue weighted by Crippen LogP contribution is 2.50. The molecule has 3 rings (SSSR count). The lowest BCUT2D eigenvalue weighted by Gasteiger charge is -2.33. The number of aromatic hydroxyl groups is 1. The van der Waals surface area contributed by atoms with Crippen molar-refractivity contribution in [1.82, 2.24) is 4.90 Å². The monoisotopic (exact) mass is 448 g/mol. The highest BCUT2D eigenvalue weighted by molar-refractivity contribution is 8.04. The van der Waals surface area contributed by atoms with E-state index in [1.807, 2.05) is 0 Å². The summed E-state index contributed by atoms with van der Waals surface area (Å²) in [6, 6.07) is 4.45. The number of rotatable bonds is 6. The van der Waals surface area contributed by atoms with Gasteiger partial charge in [0.25, 0.3) is 0 Å². The van der Waals surface area contributed by atoms with Gasteiger partial charge in [-0.3, -0.25) is 9.69 Å². The van der Waals surface area contributed by atoms with Crippen LogP contribution in [0.3, 0.4) is 0 Å². The molecular weight excluding hydrogens is 424 g/mol. The van der Waals surface area contributed by atoms with Crippen molar-refractivity contribution in [2.45, 2.75) is 31.9 Å². The normalized spacial score (nSPS) is 20.6. The Bertz CT molecular complexity index is 1000. The Balaban J connectivity index is 2.32. The molecule has 1 saturated heterocycles. The smallest absolute Gasteiger partial charge is 0.338 e. The van der Waals surface area contributed by atoms with Gasteiger partial charge in [0.1, 0.15) is 5.82 Å². The van der Waals surface area contributed by atoms with Crippen molar-refractivity contribution < 1.29 is 33.7 Å². The summed E-state index contributed by atoms with van der Waals surface area (Å²) in [6.45, 7) is 5.17. The van der Waals surface area contributed by atoms with Gasteiger partial charge < -0.3 is 25.1 Å². The van der Waals surface area contributed by atoms with E-state index in [4.69, 9.17) is 19.9 Å². The van der Waals surface area contributed by atoms with Crippen molar-refractivity contribution in [1.29, 1.82) is 0 Å². The predicted octanol–water partition coefficient (Wildman–Crippen LogP) is 1.97. The molecule has 10 heteroatoms. The Labute approximate surface area is 183 Å². The van der Waals surface area contributed by atoms with Gasteiger partial charge in [-0.15, -0.1) is 0 Å². The summed E-state index contributed by atoms with van der Waals surface area (Å²) in [5.41, 5.74) is 6.82. The Kier molecular flexibility index (Phi) is 6.49. The molecule has 0 saturated carbocycles. The van der Waals surface area contributed by atoms with E-state index in [1.54, 1.807) is 26.8 Å². The maximum absolute atomic E-state index is 13.1. The molecular formula is C21H24N2O7S. The van der Waals surface area contributed by atoms with E-state index in [0.29, 0.717) is 10.6 Å². The molecule has 1 aromatic carbocycles. The number of ether oxygens (including phenoxy) is 3. The largest absolute Gasteiger partial charge is 0.504 e. The fourth-order valence-electron chi connectivity index (χ4n) is 3.55. The van der Waals surface area contributed by atoms with Crippen LogP contribution in [-0.4, -0.2) is 53.4 Å². The maximum atomic E-state index is 13.1. The molecule has 1 amide bonds. The number of esters is 2. The van der Waals surface area contributed by atoms with Crippen LogP contribution in [0.25, 0.3) is 0 Å². The number of methoxy groups -OCH3 is 1. The number of phenolic OH excluding ortho intramolecular Hbond substituents is 1. The van der Waals surface area contributed by atoms with Gasteiger partial charge in [-0.1, -0.05) is 17.8 Å². The first kappa shape index (κ1) is 22.5. The number of amides is 1. The van der Waals surface area contributed by atoms with E-state index < -0.39 is 23.1 Å². The van der Waals surface area contributed by atoms with Gasteiger partial charge in [-0.2, -0.15) is 0 Å². The number of carbonyl (C=O) groups is 3. The molecule has 3 N–H and O–H groups in total. The van der Waals surface area contributed by atoms with Gasteiger partial charge in [-0.25, -0.2) is 9.59 Å². The van der Waals surface area contributed by atoms with Crippen molar-refractivity contribution in [3.05, 3.63) is 45.8 Å². The molecule has 2 aliphatic rings. The van der Waals surface area contributed by atoms with E-state index in [0.717, 1.165) is 0 Å². The molecule has 1 aromatic rings. The van der Waals surface area contributed by atoms with Gasteiger partial charge in [0.2, 0.25) is 5.91 Å². The third-order valence-corrected chi connectivity index (χ3v) is 6.09. The minimum atomic E-state index is -0.982. The fraction of sp³-hybridized carbons (Fsp3) is 0.381. The second-order valence-corrected chi connectivity index (χ2v) is 8.09. The first-order chi connectivity index (χ1) is 14.8. The molecule has 0 aliphatic carbocycles. The number of carbonyl (C=O) groups excluding carboxylic acids is 3. The van der Waals surface area contributed by atoms with E-state index in [9.17, 15) is 19.5 Å². The van der Waals surface area contributed by atoms with Gasteiger partial charge in [0.15, 0.2) is 11.5 Å². The minimum absolute atomic E-state index is 0.0514. The molecule has 2 aliphatic heterocycles. The van der Waals surface area contributed by atoms with Crippen molar-refractivity contribution in [2.24, 2.45) is 5.73 Å². The van der Waals surface area contributed by atoms with Crippen LogP contribution in [0.5, 0.6) is 11.5 Å². The standard InChI is InChI=1S/C21H24N2O7S/c1-5-29-20(26)15-14(11-7-8-12(24)13(9-11)28-4)16(21(27)30-6-2)19-23(17(15)22)18(25)10(3)31-19/h7-10,14,24H,5-6,22H2,1-4H3/t10-,14+/m1/s1. The number of hydrogen-bond donors (Lipinski definition) is 2. The molecule has 0 aromatic heterocycles. The Morgan fingerprint density at radius 2 is 1.77 bits per heavy atom. The highest BCUT2D eigenvalue weighted by atomic mass is 32.2. The zero-order valence-corrected chi connectivity index (χ0v) is 18.4. The Morgan fingerprint density at radius 3 is 2.35 bits per heavy atom. The number of nitrogens with two attached hydrogens (primary N) is 1. The van der Waals surface area contributed by atoms with Crippen LogP contribution >= 0.6 is 11.8 Å². The van der Waals surface area contributed by atoms with Crippen molar-refractivity contribution in [2.75, 3.05) is 20.3 Å². The van der Waals surface area contributed by atoms with Crippen molar-refractivity contribution in [3.63, 3.8) is 0 Å². The van der Waals surface area contributed by atoms with Crippen LogP contribution in [-0.2, 0) is 23.9 Å². The lowest BCUT2D eigenvalue weighted by molar-refractivity contribution is -0.139. The lowest BCUT2D eigenvalue weighted by atomic mass is 9.82. The zero-order chi connectivity index (χ0) is 22.9. The topological polar surface area (TPSA) is 128 Å². The Hall–Kier alpha value is -3.14. The van der Waals surface area contributed by atoms with Crippen LogP contribution < -0.4 is 10.5 Å². The van der Waals surface area contributed by atoms with E-state index in [-0.39, 0.29) is 47.6 Å². The van der Waals surface area contributed by atoms with Crippen LogP contribution in [0, 0.1) is 0 Å². The fourth-order valence-corrected chi connectivity index (χ4v) is 4.72.